The van der Waals surface area contributed by atoms with Gasteiger partial charge in [0.1, 0.15) is 6.33 Å². The molecule has 2 aromatic carbocycles. The number of carbonyl (C=O) groups excluding carboxylic acids is 1. The summed E-state index contributed by atoms with van der Waals surface area (Å²) in [5.74, 6) is 0.154. The van der Waals surface area contributed by atoms with E-state index in [0.29, 0.717) is 34.6 Å². The van der Waals surface area contributed by atoms with Crippen molar-refractivity contribution in [1.29, 1.82) is 0 Å². The second kappa shape index (κ2) is 8.02. The summed E-state index contributed by atoms with van der Waals surface area (Å²) in [4.78, 5) is 31.8. The number of alkyl halides is 3. The van der Waals surface area contributed by atoms with Crippen molar-refractivity contribution in [1.82, 2.24) is 19.9 Å². The van der Waals surface area contributed by atoms with Crippen LogP contribution >= 0.6 is 0 Å². The first-order valence-electron chi connectivity index (χ1n) is 10.4. The van der Waals surface area contributed by atoms with Gasteiger partial charge >= 0.3 is 6.18 Å². The molecule has 4 aromatic rings. The van der Waals surface area contributed by atoms with Crippen molar-refractivity contribution in [2.45, 2.75) is 24.9 Å². The van der Waals surface area contributed by atoms with Gasteiger partial charge in [-0.2, -0.15) is 13.2 Å². The number of carbonyl (C=O) groups is 1. The molecule has 0 fully saturated rings. The van der Waals surface area contributed by atoms with Gasteiger partial charge in [-0.1, -0.05) is 18.2 Å². The number of fused-ring (bicyclic) bond motifs is 1. The van der Waals surface area contributed by atoms with Crippen molar-refractivity contribution < 1.29 is 18.0 Å². The van der Waals surface area contributed by atoms with Gasteiger partial charge in [0.25, 0.3) is 0 Å². The summed E-state index contributed by atoms with van der Waals surface area (Å²) in [5, 5.41) is 0. The van der Waals surface area contributed by atoms with Gasteiger partial charge in [0.15, 0.2) is 5.82 Å². The Labute approximate surface area is 193 Å². The molecule has 0 N–H and O–H groups in total. The van der Waals surface area contributed by atoms with Crippen LogP contribution in [-0.2, 0) is 22.8 Å². The summed E-state index contributed by atoms with van der Waals surface area (Å²) in [6, 6.07) is 10.4. The Hall–Kier alpha value is -4.14. The number of benzene rings is 2. The Morgan fingerprint density at radius 1 is 0.941 bits per heavy atom. The highest BCUT2D eigenvalue weighted by molar-refractivity contribution is 6.12. The van der Waals surface area contributed by atoms with E-state index in [9.17, 15) is 18.0 Å². The van der Waals surface area contributed by atoms with Gasteiger partial charge in [0, 0.05) is 24.8 Å². The number of rotatable bonds is 4. The Morgan fingerprint density at radius 3 is 2.41 bits per heavy atom. The maximum atomic E-state index is 13.8. The quantitative estimate of drug-likeness (QED) is 0.421. The van der Waals surface area contributed by atoms with Gasteiger partial charge in [-0.05, 0) is 59.9 Å². The fourth-order valence-corrected chi connectivity index (χ4v) is 4.33. The highest BCUT2D eigenvalue weighted by atomic mass is 19.4. The molecule has 0 aliphatic carbocycles. The molecule has 1 unspecified atom stereocenters. The maximum Gasteiger partial charge on any atom is 0.416 e. The van der Waals surface area contributed by atoms with E-state index in [4.69, 9.17) is 0 Å². The molecule has 0 saturated carbocycles. The van der Waals surface area contributed by atoms with Gasteiger partial charge in [-0.25, -0.2) is 15.0 Å². The summed E-state index contributed by atoms with van der Waals surface area (Å²) in [6.07, 6.45) is 5.07. The minimum atomic E-state index is -4.45. The smallest absolute Gasteiger partial charge is 0.273 e. The Kier molecular flexibility index (Phi) is 5.11. The molecule has 0 saturated heterocycles. The highest BCUT2D eigenvalue weighted by Crippen LogP contribution is 2.48. The molecule has 1 atom stereocenters. The number of anilines is 2. The van der Waals surface area contributed by atoms with E-state index in [0.717, 1.165) is 17.7 Å². The van der Waals surface area contributed by atoms with Crippen LogP contribution in [0.4, 0.5) is 24.7 Å². The molecule has 1 aliphatic heterocycles. The predicted octanol–water partition coefficient (Wildman–Crippen LogP) is 5.13. The lowest BCUT2D eigenvalue weighted by Crippen LogP contribution is -2.38. The molecule has 6 nitrogen and oxygen atoms in total. The minimum absolute atomic E-state index is 0.215. The van der Waals surface area contributed by atoms with E-state index in [-0.39, 0.29) is 5.91 Å². The van der Waals surface area contributed by atoms with Crippen LogP contribution in [0.3, 0.4) is 0 Å². The second-order valence-electron chi connectivity index (χ2n) is 8.27. The first kappa shape index (κ1) is 21.7. The van der Waals surface area contributed by atoms with Crippen LogP contribution in [0.1, 0.15) is 23.6 Å². The number of nitrogens with zero attached hydrogens (tertiary/aromatic N) is 5. The first-order chi connectivity index (χ1) is 16.3. The van der Waals surface area contributed by atoms with Gasteiger partial charge in [0.05, 0.1) is 22.9 Å². The molecule has 1 aliphatic rings. The van der Waals surface area contributed by atoms with Gasteiger partial charge in [-0.15, -0.1) is 0 Å². The zero-order valence-corrected chi connectivity index (χ0v) is 18.0. The average molecular weight is 461 g/mol. The lowest BCUT2D eigenvalue weighted by molar-refractivity contribution is -0.137. The van der Waals surface area contributed by atoms with Crippen LogP contribution in [0, 0.1) is 0 Å². The summed E-state index contributed by atoms with van der Waals surface area (Å²) in [6.45, 7) is 1.81. The maximum absolute atomic E-state index is 13.8. The van der Waals surface area contributed by atoms with Crippen LogP contribution in [0.15, 0.2) is 79.8 Å². The number of aromatic nitrogens is 4. The molecule has 2 aromatic heterocycles. The van der Waals surface area contributed by atoms with E-state index >= 15 is 0 Å². The van der Waals surface area contributed by atoms with E-state index < -0.39 is 17.2 Å². The Morgan fingerprint density at radius 2 is 1.71 bits per heavy atom. The highest BCUT2D eigenvalue weighted by Gasteiger charge is 2.48. The number of hydrogen-bond acceptors (Lipinski definition) is 5. The van der Waals surface area contributed by atoms with Crippen molar-refractivity contribution in [2.24, 2.45) is 0 Å². The third kappa shape index (κ3) is 3.68. The Balaban J connectivity index is 1.66. The largest absolute Gasteiger partial charge is 0.416 e. The molecule has 0 bridgehead atoms. The van der Waals surface area contributed by atoms with Crippen molar-refractivity contribution >= 4 is 17.4 Å². The molecular weight excluding hydrogens is 443 g/mol. The van der Waals surface area contributed by atoms with Crippen molar-refractivity contribution in [2.75, 3.05) is 4.90 Å². The molecule has 34 heavy (non-hydrogen) atoms. The lowest BCUT2D eigenvalue weighted by atomic mass is 9.78. The minimum Gasteiger partial charge on any atom is -0.273 e. The fraction of sp³-hybridized carbons (Fsp3) is 0.160. The van der Waals surface area contributed by atoms with Crippen LogP contribution < -0.4 is 4.90 Å². The standard InChI is InChI=1S/C25H18F3N5O/c1-24(11-16-12-30-15-31-13-16)20-10-18(17-3-2-4-19(9-17)25(26,27)28)5-6-21(20)33(23(24)34)22-14-29-7-8-32-22/h2-10,12-15H,11H2,1H3. The molecular formula is C25H18F3N5O. The van der Waals surface area contributed by atoms with Crippen molar-refractivity contribution in [3.8, 4) is 11.1 Å². The molecule has 9 heteroatoms. The normalized spacial score (nSPS) is 17.6. The number of halogens is 3. The monoisotopic (exact) mass is 461 g/mol. The number of amides is 1. The third-order valence-electron chi connectivity index (χ3n) is 5.98. The SMILES string of the molecule is CC1(Cc2cncnc2)C(=O)N(c2cnccn2)c2ccc(-c3cccc(C(F)(F)F)c3)cc21. The van der Waals surface area contributed by atoms with E-state index in [2.05, 4.69) is 19.9 Å². The number of hydrogen-bond donors (Lipinski definition) is 0. The molecule has 3 heterocycles. The van der Waals surface area contributed by atoms with Gasteiger partial charge < -0.3 is 0 Å². The summed E-state index contributed by atoms with van der Waals surface area (Å²) >= 11 is 0. The van der Waals surface area contributed by atoms with Crippen LogP contribution in [0.5, 0.6) is 0 Å². The van der Waals surface area contributed by atoms with Crippen molar-refractivity contribution in [3.63, 3.8) is 0 Å². The van der Waals surface area contributed by atoms with E-state index in [1.165, 1.54) is 35.9 Å². The van der Waals surface area contributed by atoms with E-state index in [1.54, 1.807) is 36.7 Å². The molecule has 1 amide bonds. The zero-order chi connectivity index (χ0) is 23.9. The lowest BCUT2D eigenvalue weighted by Gasteiger charge is -2.24. The van der Waals surface area contributed by atoms with Crippen LogP contribution in [0.2, 0.25) is 0 Å². The van der Waals surface area contributed by atoms with Gasteiger partial charge in [0.2, 0.25) is 5.91 Å². The topological polar surface area (TPSA) is 71.9 Å². The summed E-state index contributed by atoms with van der Waals surface area (Å²) in [5.41, 5.74) is 1.29. The van der Waals surface area contributed by atoms with Crippen LogP contribution in [0.25, 0.3) is 11.1 Å². The molecule has 5 rings (SSSR count). The molecule has 0 radical (unpaired) electrons. The third-order valence-corrected chi connectivity index (χ3v) is 5.98. The Bertz CT molecular complexity index is 1360. The second-order valence-corrected chi connectivity index (χ2v) is 8.27. The van der Waals surface area contributed by atoms with E-state index in [1.807, 2.05) is 6.92 Å². The van der Waals surface area contributed by atoms with Crippen LogP contribution in [-0.4, -0.2) is 25.8 Å². The zero-order valence-electron chi connectivity index (χ0n) is 18.0. The average Bonchev–Trinajstić information content (AvgIpc) is 3.06. The predicted molar refractivity (Wildman–Crippen MR) is 119 cm³/mol. The van der Waals surface area contributed by atoms with Gasteiger partial charge in [-0.3, -0.25) is 14.7 Å². The summed E-state index contributed by atoms with van der Waals surface area (Å²) < 4.78 is 39.8. The first-order valence-corrected chi connectivity index (χ1v) is 10.4. The molecule has 0 spiro atoms. The van der Waals surface area contributed by atoms with Crippen molar-refractivity contribution in [3.05, 3.63) is 96.5 Å². The fourth-order valence-electron chi connectivity index (χ4n) is 4.33. The molecule has 170 valence electrons. The summed E-state index contributed by atoms with van der Waals surface area (Å²) in [7, 11) is 0.